The van der Waals surface area contributed by atoms with E-state index in [-0.39, 0.29) is 5.69 Å². The number of hydrogen-bond donors (Lipinski definition) is 1. The Morgan fingerprint density at radius 1 is 1.11 bits per heavy atom. The smallest absolute Gasteiger partial charge is 0.269 e. The van der Waals surface area contributed by atoms with Gasteiger partial charge in [0.15, 0.2) is 0 Å². The summed E-state index contributed by atoms with van der Waals surface area (Å²) in [6.45, 7) is 3.00. The van der Waals surface area contributed by atoms with Crippen molar-refractivity contribution in [2.45, 2.75) is 13.0 Å². The number of rotatable bonds is 9. The van der Waals surface area contributed by atoms with Crippen LogP contribution in [0.4, 0.5) is 5.69 Å². The average molecular weight is 379 g/mol. The van der Waals surface area contributed by atoms with Gasteiger partial charge in [-0.2, -0.15) is 5.10 Å². The van der Waals surface area contributed by atoms with Gasteiger partial charge in [0.1, 0.15) is 0 Å². The lowest BCUT2D eigenvalue weighted by Crippen LogP contribution is -2.31. The summed E-state index contributed by atoms with van der Waals surface area (Å²) < 4.78 is 1.78. The number of nitro groups is 1. The highest BCUT2D eigenvalue weighted by Crippen LogP contribution is 2.25. The molecule has 28 heavy (non-hydrogen) atoms. The van der Waals surface area contributed by atoms with Gasteiger partial charge in [0.25, 0.3) is 5.69 Å². The van der Waals surface area contributed by atoms with Crippen molar-refractivity contribution in [1.82, 2.24) is 14.7 Å². The van der Waals surface area contributed by atoms with Gasteiger partial charge < -0.3 is 5.73 Å². The van der Waals surface area contributed by atoms with Gasteiger partial charge in [-0.05, 0) is 24.1 Å². The summed E-state index contributed by atoms with van der Waals surface area (Å²) in [7, 11) is 1.88. The molecule has 0 aliphatic carbocycles. The van der Waals surface area contributed by atoms with E-state index in [1.807, 2.05) is 19.3 Å². The van der Waals surface area contributed by atoms with E-state index in [1.165, 1.54) is 17.7 Å². The first kappa shape index (κ1) is 19.7. The number of aryl methyl sites for hydroxylation is 1. The molecule has 7 heteroatoms. The van der Waals surface area contributed by atoms with Crippen molar-refractivity contribution >= 4 is 5.69 Å². The van der Waals surface area contributed by atoms with Gasteiger partial charge in [0, 0.05) is 62.7 Å². The van der Waals surface area contributed by atoms with Crippen molar-refractivity contribution in [3.05, 3.63) is 82.0 Å². The predicted octanol–water partition coefficient (Wildman–Crippen LogP) is 3.00. The van der Waals surface area contributed by atoms with Crippen LogP contribution >= 0.6 is 0 Å². The van der Waals surface area contributed by atoms with E-state index in [9.17, 15) is 10.1 Å². The third-order valence-corrected chi connectivity index (χ3v) is 4.65. The number of aromatic nitrogens is 2. The zero-order valence-corrected chi connectivity index (χ0v) is 16.0. The van der Waals surface area contributed by atoms with Gasteiger partial charge in [0.05, 0.1) is 10.6 Å². The molecule has 146 valence electrons. The minimum atomic E-state index is -0.393. The van der Waals surface area contributed by atoms with Crippen LogP contribution in [0.2, 0.25) is 0 Å². The Hall–Kier alpha value is -3.03. The Morgan fingerprint density at radius 3 is 2.46 bits per heavy atom. The van der Waals surface area contributed by atoms with E-state index in [2.05, 4.69) is 34.3 Å². The van der Waals surface area contributed by atoms with Gasteiger partial charge in [-0.25, -0.2) is 0 Å². The summed E-state index contributed by atoms with van der Waals surface area (Å²) in [5.74, 6) is 0. The SMILES string of the molecule is Cn1cc(CN(CCN)CCc2ccccc2)c(-c2ccc([N+](=O)[O-])cc2)n1. The summed E-state index contributed by atoms with van der Waals surface area (Å²) in [6.07, 6.45) is 2.96. The first-order valence-electron chi connectivity index (χ1n) is 9.30. The largest absolute Gasteiger partial charge is 0.329 e. The number of non-ortho nitro benzene ring substituents is 1. The summed E-state index contributed by atoms with van der Waals surface area (Å²) in [5, 5.41) is 15.5. The minimum Gasteiger partial charge on any atom is -0.329 e. The standard InChI is InChI=1S/C21H25N5O2/c1-24-15-19(21(23-24)18-7-9-20(10-8-18)26(27)28)16-25(14-12-22)13-11-17-5-3-2-4-6-17/h2-10,15H,11-14,16,22H2,1H3. The summed E-state index contributed by atoms with van der Waals surface area (Å²) >= 11 is 0. The van der Waals surface area contributed by atoms with Crippen molar-refractivity contribution < 1.29 is 4.92 Å². The molecular formula is C21H25N5O2. The third-order valence-electron chi connectivity index (χ3n) is 4.65. The second-order valence-corrected chi connectivity index (χ2v) is 6.78. The number of benzene rings is 2. The van der Waals surface area contributed by atoms with Crippen LogP contribution in [-0.2, 0) is 20.0 Å². The normalized spacial score (nSPS) is 11.1. The van der Waals surface area contributed by atoms with E-state index in [1.54, 1.807) is 16.8 Å². The van der Waals surface area contributed by atoms with E-state index >= 15 is 0 Å². The summed E-state index contributed by atoms with van der Waals surface area (Å²) in [6, 6.07) is 16.9. The van der Waals surface area contributed by atoms with Crippen LogP contribution in [0.25, 0.3) is 11.3 Å². The summed E-state index contributed by atoms with van der Waals surface area (Å²) in [5.41, 5.74) is 10.0. The zero-order valence-electron chi connectivity index (χ0n) is 16.0. The molecule has 0 aliphatic rings. The molecule has 0 saturated heterocycles. The average Bonchev–Trinajstić information content (AvgIpc) is 3.07. The van der Waals surface area contributed by atoms with Gasteiger partial charge >= 0.3 is 0 Å². The van der Waals surface area contributed by atoms with E-state index in [0.717, 1.165) is 42.9 Å². The number of nitrogens with two attached hydrogens (primary N) is 1. The van der Waals surface area contributed by atoms with Crippen LogP contribution in [0.3, 0.4) is 0 Å². The molecule has 3 aromatic rings. The van der Waals surface area contributed by atoms with Crippen molar-refractivity contribution in [3.63, 3.8) is 0 Å². The lowest BCUT2D eigenvalue weighted by Gasteiger charge is -2.21. The maximum Gasteiger partial charge on any atom is 0.269 e. The van der Waals surface area contributed by atoms with Gasteiger partial charge in [-0.1, -0.05) is 30.3 Å². The lowest BCUT2D eigenvalue weighted by molar-refractivity contribution is -0.384. The Morgan fingerprint density at radius 2 is 1.82 bits per heavy atom. The van der Waals surface area contributed by atoms with E-state index in [4.69, 9.17) is 5.73 Å². The van der Waals surface area contributed by atoms with Crippen LogP contribution in [0.1, 0.15) is 11.1 Å². The highest BCUT2D eigenvalue weighted by molar-refractivity contribution is 5.64. The van der Waals surface area contributed by atoms with E-state index < -0.39 is 4.92 Å². The lowest BCUT2D eigenvalue weighted by atomic mass is 10.1. The molecule has 0 saturated carbocycles. The van der Waals surface area contributed by atoms with Crippen LogP contribution in [0.5, 0.6) is 0 Å². The predicted molar refractivity (Wildman–Crippen MR) is 110 cm³/mol. The fraction of sp³-hybridized carbons (Fsp3) is 0.286. The molecule has 0 atom stereocenters. The molecule has 3 rings (SSSR count). The quantitative estimate of drug-likeness (QED) is 0.456. The molecule has 0 fully saturated rings. The molecule has 0 unspecified atom stereocenters. The van der Waals surface area contributed by atoms with E-state index in [0.29, 0.717) is 6.54 Å². The highest BCUT2D eigenvalue weighted by atomic mass is 16.6. The van der Waals surface area contributed by atoms with Gasteiger partial charge in [0.2, 0.25) is 0 Å². The molecule has 7 nitrogen and oxygen atoms in total. The molecule has 0 aliphatic heterocycles. The van der Waals surface area contributed by atoms with Gasteiger partial charge in [-0.15, -0.1) is 0 Å². The molecule has 0 amide bonds. The summed E-state index contributed by atoms with van der Waals surface area (Å²) in [4.78, 5) is 12.8. The first-order chi connectivity index (χ1) is 13.6. The fourth-order valence-corrected chi connectivity index (χ4v) is 3.26. The molecular weight excluding hydrogens is 354 g/mol. The Labute approximate surface area is 164 Å². The molecule has 2 aromatic carbocycles. The van der Waals surface area contributed by atoms with Crippen LogP contribution in [-0.4, -0.2) is 39.2 Å². The first-order valence-corrected chi connectivity index (χ1v) is 9.30. The van der Waals surface area contributed by atoms with Crippen molar-refractivity contribution in [1.29, 1.82) is 0 Å². The molecule has 2 N–H and O–H groups in total. The zero-order chi connectivity index (χ0) is 19.9. The second-order valence-electron chi connectivity index (χ2n) is 6.78. The fourth-order valence-electron chi connectivity index (χ4n) is 3.26. The van der Waals surface area contributed by atoms with Crippen LogP contribution in [0.15, 0.2) is 60.8 Å². The van der Waals surface area contributed by atoms with Crippen LogP contribution in [0, 0.1) is 10.1 Å². The Bertz CT molecular complexity index is 906. The molecule has 1 heterocycles. The van der Waals surface area contributed by atoms with Crippen molar-refractivity contribution in [2.75, 3.05) is 19.6 Å². The Balaban J connectivity index is 1.77. The molecule has 1 aromatic heterocycles. The number of hydrogen-bond acceptors (Lipinski definition) is 5. The van der Waals surface area contributed by atoms with Crippen molar-refractivity contribution in [2.24, 2.45) is 12.8 Å². The monoisotopic (exact) mass is 379 g/mol. The topological polar surface area (TPSA) is 90.2 Å². The maximum absolute atomic E-state index is 10.9. The second kappa shape index (κ2) is 9.25. The molecule has 0 bridgehead atoms. The van der Waals surface area contributed by atoms with Gasteiger partial charge in [-0.3, -0.25) is 19.7 Å². The molecule has 0 radical (unpaired) electrons. The molecule has 0 spiro atoms. The number of nitro benzene ring substituents is 1. The number of nitrogens with zero attached hydrogens (tertiary/aromatic N) is 4. The van der Waals surface area contributed by atoms with Crippen molar-refractivity contribution in [3.8, 4) is 11.3 Å². The highest BCUT2D eigenvalue weighted by Gasteiger charge is 2.15. The third kappa shape index (κ3) is 5.03. The maximum atomic E-state index is 10.9. The Kier molecular flexibility index (Phi) is 6.52. The van der Waals surface area contributed by atoms with Crippen LogP contribution < -0.4 is 5.73 Å². The minimum absolute atomic E-state index is 0.0776.